The summed E-state index contributed by atoms with van der Waals surface area (Å²) in [5, 5.41) is 12.6. The molecule has 228 valence electrons. The van der Waals surface area contributed by atoms with Crippen LogP contribution in [0.4, 0.5) is 0 Å². The van der Waals surface area contributed by atoms with Gasteiger partial charge in [-0.3, -0.25) is 4.79 Å². The minimum atomic E-state index is -0.488. The van der Waals surface area contributed by atoms with Crippen molar-refractivity contribution in [1.82, 2.24) is 10.2 Å². The van der Waals surface area contributed by atoms with E-state index in [1.165, 1.54) is 19.3 Å². The Morgan fingerprint density at radius 2 is 1.50 bits per heavy atom. The van der Waals surface area contributed by atoms with Crippen molar-refractivity contribution in [2.45, 2.75) is 57.8 Å². The average molecular weight is 591 g/mol. The molecule has 2 saturated heterocycles. The predicted octanol–water partition coefficient (Wildman–Crippen LogP) is 7.05. The Balaban J connectivity index is 1.21. The van der Waals surface area contributed by atoms with Gasteiger partial charge in [-0.05, 0) is 65.9 Å². The van der Waals surface area contributed by atoms with Crippen molar-refractivity contribution in [3.8, 4) is 11.1 Å². The third-order valence-electron chi connectivity index (χ3n) is 9.00. The lowest BCUT2D eigenvalue weighted by Gasteiger charge is -2.43. The van der Waals surface area contributed by atoms with E-state index < -0.39 is 6.29 Å². The van der Waals surface area contributed by atoms with Gasteiger partial charge in [-0.25, -0.2) is 0 Å². The number of carbonyl (C=O) groups is 1. The van der Waals surface area contributed by atoms with Crippen molar-refractivity contribution in [2.24, 2.45) is 5.92 Å². The third-order valence-corrected chi connectivity index (χ3v) is 9.00. The minimum absolute atomic E-state index is 0.0273. The number of carbonyl (C=O) groups excluding carboxylic acids is 1. The molecule has 6 rings (SSSR count). The first-order valence-corrected chi connectivity index (χ1v) is 15.8. The number of aliphatic hydroxyl groups is 1. The Bertz CT molecular complexity index is 1500. The highest BCUT2D eigenvalue weighted by molar-refractivity contribution is 5.94. The molecule has 0 spiro atoms. The van der Waals surface area contributed by atoms with Crippen molar-refractivity contribution in [2.75, 3.05) is 19.6 Å². The highest BCUT2D eigenvalue weighted by Gasteiger charge is 2.39. The van der Waals surface area contributed by atoms with E-state index in [0.717, 1.165) is 53.0 Å². The molecule has 6 nitrogen and oxygen atoms in total. The Morgan fingerprint density at radius 1 is 0.818 bits per heavy atom. The number of nitrogens with zero attached hydrogens (tertiary/aromatic N) is 1. The number of likely N-dealkylation sites (tertiary alicyclic amines) is 1. The molecule has 1 amide bonds. The maximum absolute atomic E-state index is 12.7. The van der Waals surface area contributed by atoms with Gasteiger partial charge in [-0.1, -0.05) is 104 Å². The summed E-state index contributed by atoms with van der Waals surface area (Å²) in [5.74, 6) is 0.0848. The molecule has 4 atom stereocenters. The summed E-state index contributed by atoms with van der Waals surface area (Å²) in [6, 6.07) is 34.0. The number of benzene rings is 4. The normalized spacial score (nSPS) is 22.4. The molecule has 0 bridgehead atoms. The van der Waals surface area contributed by atoms with Gasteiger partial charge >= 0.3 is 0 Å². The average Bonchev–Trinajstić information content (AvgIpc) is 3.09. The number of piperidine rings is 1. The van der Waals surface area contributed by atoms with E-state index in [0.29, 0.717) is 12.1 Å². The number of aliphatic hydroxyl groups excluding tert-OH is 1. The Hall–Kier alpha value is -3.81. The summed E-state index contributed by atoms with van der Waals surface area (Å²) in [7, 11) is 0. The van der Waals surface area contributed by atoms with Crippen LogP contribution in [0.15, 0.2) is 103 Å². The van der Waals surface area contributed by atoms with E-state index in [1.54, 1.807) is 0 Å². The number of hydrogen-bond acceptors (Lipinski definition) is 5. The molecule has 4 aromatic carbocycles. The second-order valence-electron chi connectivity index (χ2n) is 12.0. The topological polar surface area (TPSA) is 71.0 Å². The maximum atomic E-state index is 12.7. The molecule has 2 aliphatic rings. The van der Waals surface area contributed by atoms with Crippen LogP contribution in [0.2, 0.25) is 0 Å². The second kappa shape index (κ2) is 14.3. The Kier molecular flexibility index (Phi) is 9.83. The summed E-state index contributed by atoms with van der Waals surface area (Å²) < 4.78 is 13.4. The van der Waals surface area contributed by atoms with E-state index in [1.807, 2.05) is 54.6 Å². The fourth-order valence-corrected chi connectivity index (χ4v) is 6.37. The van der Waals surface area contributed by atoms with Gasteiger partial charge in [0.25, 0.3) is 5.91 Å². The number of ether oxygens (including phenoxy) is 2. The summed E-state index contributed by atoms with van der Waals surface area (Å²) in [6.45, 7) is 5.83. The van der Waals surface area contributed by atoms with Crippen molar-refractivity contribution in [1.29, 1.82) is 0 Å². The summed E-state index contributed by atoms with van der Waals surface area (Å²) in [5.41, 5.74) is 6.84. The number of amides is 1. The SMILES string of the molecule is C[C@H]1[C@@H](CN2CCCCC2)O[C@@H](c2ccc(-c3ccccc3CNC(=O)c3ccccc3)cc2)O[C@H]1c1ccc(CO)cc1. The molecule has 6 heteroatoms. The van der Waals surface area contributed by atoms with E-state index in [4.69, 9.17) is 9.47 Å². The van der Waals surface area contributed by atoms with Gasteiger partial charge in [0.05, 0.1) is 18.8 Å². The summed E-state index contributed by atoms with van der Waals surface area (Å²) >= 11 is 0. The zero-order chi connectivity index (χ0) is 30.3. The van der Waals surface area contributed by atoms with Crippen molar-refractivity contribution in [3.63, 3.8) is 0 Å². The minimum Gasteiger partial charge on any atom is -0.392 e. The molecule has 2 N–H and O–H groups in total. The number of rotatable bonds is 9. The standard InChI is InChI=1S/C38H42N2O4/c1-27-35(25-40-22-8-3-9-23-40)43-38(44-36(27)30-16-14-28(26-41)15-17-30)32-20-18-29(19-21-32)34-13-7-6-12-33(34)24-39-37(42)31-10-4-2-5-11-31/h2,4-7,10-21,27,35-36,38,41H,3,8-9,22-26H2,1H3,(H,39,42)/t27-,35+,36+,38+/m0/s1. The predicted molar refractivity (Wildman–Crippen MR) is 173 cm³/mol. The van der Waals surface area contributed by atoms with Gasteiger partial charge in [0, 0.05) is 30.1 Å². The van der Waals surface area contributed by atoms with Crippen LogP contribution in [0.3, 0.4) is 0 Å². The highest BCUT2D eigenvalue weighted by Crippen LogP contribution is 2.42. The lowest BCUT2D eigenvalue weighted by Crippen LogP contribution is -2.45. The summed E-state index contributed by atoms with van der Waals surface area (Å²) in [4.78, 5) is 15.2. The fourth-order valence-electron chi connectivity index (χ4n) is 6.37. The largest absolute Gasteiger partial charge is 0.392 e. The van der Waals surface area contributed by atoms with Crippen LogP contribution < -0.4 is 5.32 Å². The molecule has 4 aromatic rings. The quantitative estimate of drug-likeness (QED) is 0.219. The smallest absolute Gasteiger partial charge is 0.251 e. The van der Waals surface area contributed by atoms with Gasteiger partial charge in [0.1, 0.15) is 0 Å². The Morgan fingerprint density at radius 3 is 2.23 bits per heavy atom. The van der Waals surface area contributed by atoms with Crippen LogP contribution in [0, 0.1) is 5.92 Å². The van der Waals surface area contributed by atoms with E-state index in [-0.39, 0.29) is 30.6 Å². The van der Waals surface area contributed by atoms with E-state index >= 15 is 0 Å². The molecule has 0 radical (unpaired) electrons. The van der Waals surface area contributed by atoms with Gasteiger partial charge in [0.15, 0.2) is 6.29 Å². The molecule has 0 aliphatic carbocycles. The van der Waals surface area contributed by atoms with E-state index in [2.05, 4.69) is 65.7 Å². The monoisotopic (exact) mass is 590 g/mol. The summed E-state index contributed by atoms with van der Waals surface area (Å²) in [6.07, 6.45) is 3.21. The van der Waals surface area contributed by atoms with Crippen molar-refractivity contribution >= 4 is 5.91 Å². The molecule has 0 unspecified atom stereocenters. The fraction of sp³-hybridized carbons (Fsp3) is 0.342. The van der Waals surface area contributed by atoms with Gasteiger partial charge < -0.3 is 24.8 Å². The lowest BCUT2D eigenvalue weighted by molar-refractivity contribution is -0.276. The van der Waals surface area contributed by atoms with Gasteiger partial charge in [0.2, 0.25) is 0 Å². The lowest BCUT2D eigenvalue weighted by atomic mass is 9.89. The zero-order valence-electron chi connectivity index (χ0n) is 25.4. The zero-order valence-corrected chi connectivity index (χ0v) is 25.4. The molecule has 44 heavy (non-hydrogen) atoms. The molecule has 0 saturated carbocycles. The van der Waals surface area contributed by atoms with Crippen LogP contribution in [-0.4, -0.2) is 41.7 Å². The second-order valence-corrected chi connectivity index (χ2v) is 12.0. The number of nitrogens with one attached hydrogen (secondary N) is 1. The van der Waals surface area contributed by atoms with E-state index in [9.17, 15) is 9.90 Å². The van der Waals surface area contributed by atoms with Crippen LogP contribution in [0.1, 0.15) is 71.2 Å². The van der Waals surface area contributed by atoms with Crippen molar-refractivity contribution < 1.29 is 19.4 Å². The van der Waals surface area contributed by atoms with Crippen LogP contribution in [0.5, 0.6) is 0 Å². The first-order valence-electron chi connectivity index (χ1n) is 15.8. The molecule has 2 aliphatic heterocycles. The molecule has 2 fully saturated rings. The third kappa shape index (κ3) is 7.11. The van der Waals surface area contributed by atoms with Crippen LogP contribution in [-0.2, 0) is 22.6 Å². The van der Waals surface area contributed by atoms with Gasteiger partial charge in [-0.2, -0.15) is 0 Å². The molecule has 2 heterocycles. The van der Waals surface area contributed by atoms with Crippen molar-refractivity contribution in [3.05, 3.63) is 131 Å². The first kappa shape index (κ1) is 30.2. The van der Waals surface area contributed by atoms with Gasteiger partial charge in [-0.15, -0.1) is 0 Å². The molecular formula is C38H42N2O4. The number of hydrogen-bond donors (Lipinski definition) is 2. The first-order chi connectivity index (χ1) is 21.6. The Labute approximate surface area is 260 Å². The maximum Gasteiger partial charge on any atom is 0.251 e. The molecular weight excluding hydrogens is 548 g/mol. The van der Waals surface area contributed by atoms with Crippen LogP contribution in [0.25, 0.3) is 11.1 Å². The highest BCUT2D eigenvalue weighted by atomic mass is 16.7. The molecule has 0 aromatic heterocycles. The van der Waals surface area contributed by atoms with Crippen LogP contribution >= 0.6 is 0 Å².